The quantitative estimate of drug-likeness (QED) is 0.660. The number of nitrogen functional groups attached to an aromatic ring is 1. The Hall–Kier alpha value is -2.19. The van der Waals surface area contributed by atoms with Crippen molar-refractivity contribution in [3.05, 3.63) is 30.1 Å². The van der Waals surface area contributed by atoms with Gasteiger partial charge in [-0.1, -0.05) is 25.1 Å². The van der Waals surface area contributed by atoms with Gasteiger partial charge in [0.15, 0.2) is 5.82 Å². The molecule has 0 unspecified atom stereocenters. The summed E-state index contributed by atoms with van der Waals surface area (Å²) in [4.78, 5) is 9.08. The molecule has 2 heterocycles. The first-order valence-electron chi connectivity index (χ1n) is 7.88. The van der Waals surface area contributed by atoms with E-state index in [0.29, 0.717) is 30.8 Å². The maximum absolute atomic E-state index is 11.2. The summed E-state index contributed by atoms with van der Waals surface area (Å²) in [6.45, 7) is 3.09. The highest BCUT2D eigenvalue weighted by molar-refractivity contribution is 7.88. The van der Waals surface area contributed by atoms with E-state index in [-0.39, 0.29) is 0 Å². The molecule has 24 heavy (non-hydrogen) atoms. The summed E-state index contributed by atoms with van der Waals surface area (Å²) in [6, 6.07) is 7.83. The van der Waals surface area contributed by atoms with Crippen molar-refractivity contribution < 1.29 is 8.42 Å². The second kappa shape index (κ2) is 6.37. The molecule has 8 heteroatoms. The maximum atomic E-state index is 11.2. The summed E-state index contributed by atoms with van der Waals surface area (Å²) < 4.78 is 27.0. The van der Waals surface area contributed by atoms with Crippen LogP contribution in [0.3, 0.4) is 0 Å². The van der Waals surface area contributed by atoms with Gasteiger partial charge in [0.1, 0.15) is 11.3 Å². The number of fused-ring (bicyclic) bond motifs is 3. The third kappa shape index (κ3) is 3.20. The van der Waals surface area contributed by atoms with Gasteiger partial charge in [-0.05, 0) is 12.5 Å². The van der Waals surface area contributed by atoms with Crippen molar-refractivity contribution in [2.24, 2.45) is 0 Å². The number of aryl methyl sites for hydroxylation is 2. The highest BCUT2D eigenvalue weighted by Gasteiger charge is 2.16. The van der Waals surface area contributed by atoms with E-state index in [0.717, 1.165) is 34.9 Å². The number of benzene rings is 1. The van der Waals surface area contributed by atoms with E-state index in [1.807, 2.05) is 31.2 Å². The zero-order valence-corrected chi connectivity index (χ0v) is 14.6. The predicted octanol–water partition coefficient (Wildman–Crippen LogP) is 1.67. The Morgan fingerprint density at radius 3 is 2.71 bits per heavy atom. The lowest BCUT2D eigenvalue weighted by Gasteiger charge is -2.10. The van der Waals surface area contributed by atoms with Gasteiger partial charge in [-0.3, -0.25) is 0 Å². The fourth-order valence-electron chi connectivity index (χ4n) is 2.91. The molecule has 3 rings (SSSR count). The average molecular weight is 347 g/mol. The third-order valence-electron chi connectivity index (χ3n) is 3.93. The van der Waals surface area contributed by atoms with Gasteiger partial charge in [0.25, 0.3) is 0 Å². The molecule has 0 aliphatic carbocycles. The zero-order chi connectivity index (χ0) is 17.3. The van der Waals surface area contributed by atoms with E-state index >= 15 is 0 Å². The number of para-hydroxylation sites is 1. The van der Waals surface area contributed by atoms with Gasteiger partial charge < -0.3 is 10.3 Å². The van der Waals surface area contributed by atoms with Crippen molar-refractivity contribution in [3.63, 3.8) is 0 Å². The van der Waals surface area contributed by atoms with Crippen LogP contribution in [0.15, 0.2) is 24.3 Å². The lowest BCUT2D eigenvalue weighted by Crippen LogP contribution is -2.24. The second-order valence-electron chi connectivity index (χ2n) is 5.76. The van der Waals surface area contributed by atoms with Crippen LogP contribution < -0.4 is 10.5 Å². The molecule has 0 bridgehead atoms. The van der Waals surface area contributed by atoms with Crippen LogP contribution in [0.1, 0.15) is 19.2 Å². The van der Waals surface area contributed by atoms with Crippen LogP contribution in [-0.2, 0) is 23.0 Å². The fraction of sp³-hybridized carbons (Fsp3) is 0.375. The van der Waals surface area contributed by atoms with Gasteiger partial charge in [0.2, 0.25) is 10.0 Å². The first kappa shape index (κ1) is 16.7. The van der Waals surface area contributed by atoms with Crippen molar-refractivity contribution >= 4 is 37.8 Å². The minimum atomic E-state index is -3.17. The van der Waals surface area contributed by atoms with E-state index in [1.165, 1.54) is 0 Å². The highest BCUT2D eigenvalue weighted by Crippen LogP contribution is 2.29. The molecular formula is C16H21N5O2S. The first-order valence-corrected chi connectivity index (χ1v) is 9.78. The summed E-state index contributed by atoms with van der Waals surface area (Å²) in [5.74, 6) is 1.35. The number of pyridine rings is 1. The minimum Gasteiger partial charge on any atom is -0.382 e. The molecule has 0 saturated heterocycles. The number of nitrogens with zero attached hydrogens (tertiary/aromatic N) is 3. The van der Waals surface area contributed by atoms with E-state index < -0.39 is 10.0 Å². The van der Waals surface area contributed by atoms with Crippen molar-refractivity contribution in [1.29, 1.82) is 0 Å². The Balaban J connectivity index is 2.05. The topological polar surface area (TPSA) is 103 Å². The van der Waals surface area contributed by atoms with Gasteiger partial charge in [-0.2, -0.15) is 0 Å². The van der Waals surface area contributed by atoms with Gasteiger partial charge in [0.05, 0.1) is 17.3 Å². The number of hydrogen-bond donors (Lipinski definition) is 2. The Morgan fingerprint density at radius 1 is 1.25 bits per heavy atom. The number of aromatic nitrogens is 3. The number of sulfonamides is 1. The predicted molar refractivity (Wildman–Crippen MR) is 96.3 cm³/mol. The molecule has 128 valence electrons. The number of hydrogen-bond acceptors (Lipinski definition) is 5. The number of nitrogens with one attached hydrogen (secondary N) is 1. The molecule has 0 amide bonds. The van der Waals surface area contributed by atoms with Crippen LogP contribution in [0.25, 0.3) is 21.9 Å². The Morgan fingerprint density at radius 2 is 2.00 bits per heavy atom. The summed E-state index contributed by atoms with van der Waals surface area (Å²) in [5.41, 5.74) is 8.60. The summed E-state index contributed by atoms with van der Waals surface area (Å²) in [7, 11) is -3.17. The van der Waals surface area contributed by atoms with Crippen LogP contribution >= 0.6 is 0 Å². The molecule has 0 aliphatic heterocycles. The molecule has 0 radical (unpaired) electrons. The molecule has 7 nitrogen and oxygen atoms in total. The van der Waals surface area contributed by atoms with Crippen molar-refractivity contribution in [1.82, 2.24) is 19.3 Å². The monoisotopic (exact) mass is 347 g/mol. The summed E-state index contributed by atoms with van der Waals surface area (Å²) >= 11 is 0. The van der Waals surface area contributed by atoms with Crippen LogP contribution in [0.4, 0.5) is 5.82 Å². The molecular weight excluding hydrogens is 326 g/mol. The number of nitrogens with two attached hydrogens (primary N) is 1. The average Bonchev–Trinajstić information content (AvgIpc) is 2.90. The standard InChI is InChI=1S/C16H21N5O2S/c1-3-13-20-14-15(21(13)10-6-9-18-24(2,22)23)11-7-4-5-8-12(11)19-16(14)17/h4-5,7-8,18H,3,6,9-10H2,1-2H3,(H2,17,19). The second-order valence-corrected chi connectivity index (χ2v) is 7.60. The fourth-order valence-corrected chi connectivity index (χ4v) is 3.43. The Bertz CT molecular complexity index is 995. The van der Waals surface area contributed by atoms with Crippen molar-refractivity contribution in [2.75, 3.05) is 18.5 Å². The molecule has 0 fully saturated rings. The maximum Gasteiger partial charge on any atom is 0.208 e. The largest absolute Gasteiger partial charge is 0.382 e. The van der Waals surface area contributed by atoms with Gasteiger partial charge >= 0.3 is 0 Å². The van der Waals surface area contributed by atoms with Gasteiger partial charge in [-0.15, -0.1) is 0 Å². The lowest BCUT2D eigenvalue weighted by atomic mass is 10.2. The molecule has 1 aromatic carbocycles. The molecule has 0 saturated carbocycles. The van der Waals surface area contributed by atoms with E-state index in [9.17, 15) is 8.42 Å². The zero-order valence-electron chi connectivity index (χ0n) is 13.8. The van der Waals surface area contributed by atoms with Gasteiger partial charge in [-0.25, -0.2) is 23.1 Å². The van der Waals surface area contributed by atoms with Crippen LogP contribution in [0, 0.1) is 0 Å². The molecule has 3 N–H and O–H groups in total. The van der Waals surface area contributed by atoms with E-state index in [2.05, 4.69) is 19.3 Å². The Kier molecular flexibility index (Phi) is 4.42. The molecule has 0 aliphatic rings. The number of rotatable bonds is 6. The molecule has 0 atom stereocenters. The molecule has 2 aromatic heterocycles. The van der Waals surface area contributed by atoms with Crippen LogP contribution in [-0.4, -0.2) is 35.8 Å². The minimum absolute atomic E-state index is 0.389. The highest BCUT2D eigenvalue weighted by atomic mass is 32.2. The van der Waals surface area contributed by atoms with E-state index in [4.69, 9.17) is 5.73 Å². The normalized spacial score (nSPS) is 12.2. The smallest absolute Gasteiger partial charge is 0.208 e. The molecule has 0 spiro atoms. The lowest BCUT2D eigenvalue weighted by molar-refractivity contribution is 0.574. The molecule has 3 aromatic rings. The van der Waals surface area contributed by atoms with Crippen LogP contribution in [0.2, 0.25) is 0 Å². The van der Waals surface area contributed by atoms with Crippen molar-refractivity contribution in [2.45, 2.75) is 26.3 Å². The van der Waals surface area contributed by atoms with Crippen LogP contribution in [0.5, 0.6) is 0 Å². The van der Waals surface area contributed by atoms with Crippen molar-refractivity contribution in [3.8, 4) is 0 Å². The van der Waals surface area contributed by atoms with Gasteiger partial charge in [0, 0.05) is 24.9 Å². The Labute approximate surface area is 140 Å². The summed E-state index contributed by atoms with van der Waals surface area (Å²) in [5, 5.41) is 1.00. The SMILES string of the molecule is CCc1nc2c(N)nc3ccccc3c2n1CCCNS(C)(=O)=O. The summed E-state index contributed by atoms with van der Waals surface area (Å²) in [6.07, 6.45) is 2.60. The number of imidazole rings is 1. The van der Waals surface area contributed by atoms with E-state index in [1.54, 1.807) is 0 Å². The number of anilines is 1. The first-order chi connectivity index (χ1) is 11.4. The third-order valence-corrected chi connectivity index (χ3v) is 4.66.